The maximum absolute atomic E-state index is 10.9. The molecule has 0 aromatic carbocycles. The van der Waals surface area contributed by atoms with E-state index in [0.29, 0.717) is 17.6 Å². The Morgan fingerprint density at radius 1 is 1.14 bits per heavy atom. The third kappa shape index (κ3) is 9.99. The lowest BCUT2D eigenvalue weighted by molar-refractivity contribution is 0.465. The van der Waals surface area contributed by atoms with Crippen molar-refractivity contribution in [1.29, 1.82) is 0 Å². The van der Waals surface area contributed by atoms with E-state index >= 15 is 0 Å². The Labute approximate surface area is 88.2 Å². The quantitative estimate of drug-likeness (QED) is 0.705. The normalized spacial score (nSPS) is 14.6. The summed E-state index contributed by atoms with van der Waals surface area (Å²) >= 11 is 0. The van der Waals surface area contributed by atoms with E-state index in [1.54, 1.807) is 0 Å². The highest BCUT2D eigenvalue weighted by atomic mass is 32.2. The lowest BCUT2D eigenvalue weighted by Crippen LogP contribution is -2.26. The Hall–Kier alpha value is -0.0900. The molecule has 0 saturated heterocycles. The van der Waals surface area contributed by atoms with E-state index in [2.05, 4.69) is 26.1 Å². The lowest BCUT2D eigenvalue weighted by atomic mass is 10.1. The van der Waals surface area contributed by atoms with Gasteiger partial charge in [-0.1, -0.05) is 20.8 Å². The predicted molar refractivity (Wildman–Crippen MR) is 61.2 cm³/mol. The van der Waals surface area contributed by atoms with E-state index < -0.39 is 9.84 Å². The Morgan fingerprint density at radius 3 is 2.14 bits per heavy atom. The zero-order valence-corrected chi connectivity index (χ0v) is 10.5. The van der Waals surface area contributed by atoms with Crippen LogP contribution in [0.4, 0.5) is 0 Å². The summed E-state index contributed by atoms with van der Waals surface area (Å²) in [5, 5.41) is 3.33. The van der Waals surface area contributed by atoms with Crippen molar-refractivity contribution in [3.8, 4) is 0 Å². The van der Waals surface area contributed by atoms with Gasteiger partial charge in [0.2, 0.25) is 0 Å². The number of rotatable bonds is 7. The minimum atomic E-state index is -2.79. The summed E-state index contributed by atoms with van der Waals surface area (Å²) in [4.78, 5) is 0. The smallest absolute Gasteiger partial charge is 0.147 e. The van der Waals surface area contributed by atoms with Gasteiger partial charge in [-0.15, -0.1) is 0 Å². The summed E-state index contributed by atoms with van der Waals surface area (Å²) < 4.78 is 21.8. The van der Waals surface area contributed by atoms with Crippen LogP contribution in [-0.4, -0.2) is 33.5 Å². The van der Waals surface area contributed by atoms with E-state index in [4.69, 9.17) is 0 Å². The maximum Gasteiger partial charge on any atom is 0.147 e. The highest BCUT2D eigenvalue weighted by Gasteiger charge is 2.07. The first-order valence-corrected chi connectivity index (χ1v) is 7.25. The number of sulfone groups is 1. The molecular formula is C10H23NO2S. The molecule has 0 aromatic heterocycles. The van der Waals surface area contributed by atoms with Gasteiger partial charge in [0.05, 0.1) is 5.75 Å². The third-order valence-electron chi connectivity index (χ3n) is 2.03. The number of hydrogen-bond donors (Lipinski definition) is 1. The molecule has 0 aliphatic rings. The summed E-state index contributed by atoms with van der Waals surface area (Å²) in [6.45, 7) is 8.32. The maximum atomic E-state index is 10.9. The third-order valence-corrected chi connectivity index (χ3v) is 3.00. The molecule has 0 fully saturated rings. The van der Waals surface area contributed by atoms with Gasteiger partial charge in [0.25, 0.3) is 0 Å². The fourth-order valence-corrected chi connectivity index (χ4v) is 1.97. The lowest BCUT2D eigenvalue weighted by Gasteiger charge is -2.13. The monoisotopic (exact) mass is 221 g/mol. The Morgan fingerprint density at radius 2 is 1.71 bits per heavy atom. The summed E-state index contributed by atoms with van der Waals surface area (Å²) in [6.07, 6.45) is 2.05. The second kappa shape index (κ2) is 6.40. The van der Waals surface area contributed by atoms with Crippen LogP contribution in [-0.2, 0) is 9.84 Å². The first kappa shape index (κ1) is 13.9. The molecule has 0 aliphatic heterocycles. The minimum Gasteiger partial charge on any atom is -0.316 e. The second-order valence-electron chi connectivity index (χ2n) is 4.58. The molecule has 14 heavy (non-hydrogen) atoms. The molecule has 86 valence electrons. The van der Waals surface area contributed by atoms with Crippen LogP contribution >= 0.6 is 0 Å². The number of hydrogen-bond acceptors (Lipinski definition) is 3. The van der Waals surface area contributed by atoms with Crippen molar-refractivity contribution in [1.82, 2.24) is 5.32 Å². The molecule has 0 aliphatic carbocycles. The summed E-state index contributed by atoms with van der Waals surface area (Å²) in [5.41, 5.74) is 0. The Kier molecular flexibility index (Phi) is 6.36. The molecule has 1 unspecified atom stereocenters. The fourth-order valence-electron chi connectivity index (χ4n) is 1.14. The van der Waals surface area contributed by atoms with Crippen molar-refractivity contribution in [3.63, 3.8) is 0 Å². The van der Waals surface area contributed by atoms with E-state index in [0.717, 1.165) is 19.5 Å². The molecule has 0 radical (unpaired) electrons. The van der Waals surface area contributed by atoms with Crippen LogP contribution < -0.4 is 5.32 Å². The Balaban J connectivity index is 3.51. The molecule has 0 bridgehead atoms. The van der Waals surface area contributed by atoms with Crippen molar-refractivity contribution < 1.29 is 8.42 Å². The molecule has 0 heterocycles. The first-order valence-electron chi connectivity index (χ1n) is 5.19. The SMILES string of the molecule is CC(C)CNCC(C)CCS(C)(=O)=O. The Bertz CT molecular complexity index is 235. The molecule has 0 spiro atoms. The summed E-state index contributed by atoms with van der Waals surface area (Å²) in [6, 6.07) is 0. The van der Waals surface area contributed by atoms with Crippen LogP contribution in [0.25, 0.3) is 0 Å². The molecule has 4 heteroatoms. The molecular weight excluding hydrogens is 198 g/mol. The standard InChI is InChI=1S/C10H23NO2S/c1-9(2)7-11-8-10(3)5-6-14(4,12)13/h9-11H,5-8H2,1-4H3. The van der Waals surface area contributed by atoms with Gasteiger partial charge in [-0.05, 0) is 31.3 Å². The highest BCUT2D eigenvalue weighted by molar-refractivity contribution is 7.90. The van der Waals surface area contributed by atoms with Crippen molar-refractivity contribution in [2.75, 3.05) is 25.1 Å². The van der Waals surface area contributed by atoms with Crippen molar-refractivity contribution >= 4 is 9.84 Å². The van der Waals surface area contributed by atoms with Gasteiger partial charge in [-0.2, -0.15) is 0 Å². The van der Waals surface area contributed by atoms with Crippen LogP contribution in [0, 0.1) is 11.8 Å². The molecule has 0 aromatic rings. The zero-order valence-electron chi connectivity index (χ0n) is 9.71. The largest absolute Gasteiger partial charge is 0.316 e. The van der Waals surface area contributed by atoms with Crippen LogP contribution in [0.5, 0.6) is 0 Å². The van der Waals surface area contributed by atoms with E-state index in [1.165, 1.54) is 6.26 Å². The van der Waals surface area contributed by atoms with Crippen molar-refractivity contribution in [2.45, 2.75) is 27.2 Å². The van der Waals surface area contributed by atoms with Crippen LogP contribution in [0.15, 0.2) is 0 Å². The molecule has 0 amide bonds. The van der Waals surface area contributed by atoms with Gasteiger partial charge in [0.15, 0.2) is 0 Å². The van der Waals surface area contributed by atoms with E-state index in [9.17, 15) is 8.42 Å². The molecule has 3 nitrogen and oxygen atoms in total. The van der Waals surface area contributed by atoms with Gasteiger partial charge in [0, 0.05) is 6.26 Å². The molecule has 1 atom stereocenters. The van der Waals surface area contributed by atoms with Gasteiger partial charge in [0.1, 0.15) is 9.84 Å². The van der Waals surface area contributed by atoms with Crippen LogP contribution in [0.3, 0.4) is 0 Å². The van der Waals surface area contributed by atoms with Gasteiger partial charge < -0.3 is 5.32 Å². The van der Waals surface area contributed by atoms with Crippen molar-refractivity contribution in [3.05, 3.63) is 0 Å². The topological polar surface area (TPSA) is 46.2 Å². The molecule has 0 saturated carbocycles. The minimum absolute atomic E-state index is 0.303. The fraction of sp³-hybridized carbons (Fsp3) is 1.00. The van der Waals surface area contributed by atoms with Gasteiger partial charge >= 0.3 is 0 Å². The highest BCUT2D eigenvalue weighted by Crippen LogP contribution is 2.02. The number of nitrogens with one attached hydrogen (secondary N) is 1. The average Bonchev–Trinajstić information content (AvgIpc) is 1.99. The van der Waals surface area contributed by atoms with Gasteiger partial charge in [-0.25, -0.2) is 8.42 Å². The predicted octanol–water partition coefficient (Wildman–Crippen LogP) is 1.30. The van der Waals surface area contributed by atoms with E-state index in [-0.39, 0.29) is 0 Å². The van der Waals surface area contributed by atoms with Crippen molar-refractivity contribution in [2.24, 2.45) is 11.8 Å². The van der Waals surface area contributed by atoms with Crippen LogP contribution in [0.1, 0.15) is 27.2 Å². The molecule has 0 rings (SSSR count). The second-order valence-corrected chi connectivity index (χ2v) is 6.84. The van der Waals surface area contributed by atoms with E-state index in [1.807, 2.05) is 0 Å². The van der Waals surface area contributed by atoms with Gasteiger partial charge in [-0.3, -0.25) is 0 Å². The van der Waals surface area contributed by atoms with Crippen LogP contribution in [0.2, 0.25) is 0 Å². The first-order chi connectivity index (χ1) is 6.31. The summed E-state index contributed by atoms with van der Waals surface area (Å²) in [7, 11) is -2.79. The summed E-state index contributed by atoms with van der Waals surface area (Å²) in [5.74, 6) is 1.39. The molecule has 1 N–H and O–H groups in total. The zero-order chi connectivity index (χ0) is 11.2. The average molecular weight is 221 g/mol.